The number of benzene rings is 6. The Kier molecular flexibility index (Phi) is 9.03. The topological polar surface area (TPSA) is 6.48 Å². The summed E-state index contributed by atoms with van der Waals surface area (Å²) >= 11 is 0. The van der Waals surface area contributed by atoms with Crippen LogP contribution < -0.4 is 9.80 Å². The third-order valence-corrected chi connectivity index (χ3v) is 8.25. The molecule has 0 bridgehead atoms. The number of anilines is 4. The molecule has 0 aliphatic heterocycles. The molecule has 220 valence electrons. The lowest BCUT2D eigenvalue weighted by atomic mass is 9.93. The fraction of sp³-hybridized carbons (Fsp3) is 0.0698. The molecule has 6 rings (SSSR count). The zero-order valence-electron chi connectivity index (χ0n) is 26.1. The van der Waals surface area contributed by atoms with E-state index in [2.05, 4.69) is 201 Å². The maximum atomic E-state index is 2.27. The quantitative estimate of drug-likeness (QED) is 0.156. The molecule has 0 amide bonds. The van der Waals surface area contributed by atoms with Crippen molar-refractivity contribution in [2.45, 2.75) is 6.92 Å². The average Bonchev–Trinajstić information content (AvgIpc) is 3.11. The molecule has 45 heavy (non-hydrogen) atoms. The second kappa shape index (κ2) is 13.8. The first kappa shape index (κ1) is 29.5. The van der Waals surface area contributed by atoms with E-state index in [1.807, 2.05) is 6.07 Å². The van der Waals surface area contributed by atoms with Gasteiger partial charge in [0.15, 0.2) is 0 Å². The lowest BCUT2D eigenvalue weighted by molar-refractivity contribution is 1.20. The van der Waals surface area contributed by atoms with Gasteiger partial charge in [0.1, 0.15) is 0 Å². The van der Waals surface area contributed by atoms with Crippen LogP contribution in [-0.4, -0.2) is 14.1 Å². The zero-order chi connectivity index (χ0) is 31.0. The van der Waals surface area contributed by atoms with E-state index < -0.39 is 0 Å². The highest BCUT2D eigenvalue weighted by Crippen LogP contribution is 2.32. The molecule has 0 aromatic heterocycles. The number of rotatable bonds is 9. The van der Waals surface area contributed by atoms with Gasteiger partial charge >= 0.3 is 0 Å². The van der Waals surface area contributed by atoms with Crippen molar-refractivity contribution < 1.29 is 0 Å². The Hall–Kier alpha value is -5.60. The third kappa shape index (κ3) is 6.98. The maximum Gasteiger partial charge on any atom is 0.0410 e. The molecular formula is C43H38N2. The lowest BCUT2D eigenvalue weighted by Gasteiger charge is -2.21. The molecule has 2 nitrogen and oxygen atoms in total. The maximum absolute atomic E-state index is 2.27. The average molecular weight is 583 g/mol. The van der Waals surface area contributed by atoms with Crippen LogP contribution in [0.2, 0.25) is 0 Å². The second-order valence-corrected chi connectivity index (χ2v) is 11.3. The van der Waals surface area contributed by atoms with Crippen LogP contribution in [0.25, 0.3) is 11.1 Å². The van der Waals surface area contributed by atoms with E-state index in [9.17, 15) is 0 Å². The van der Waals surface area contributed by atoms with Crippen LogP contribution in [0, 0.1) is 6.92 Å². The Labute approximate surface area is 267 Å². The first-order chi connectivity index (χ1) is 22.1. The minimum Gasteiger partial charge on any atom is -0.345 e. The van der Waals surface area contributed by atoms with Crippen LogP contribution in [0.5, 0.6) is 0 Å². The summed E-state index contributed by atoms with van der Waals surface area (Å²) in [5.74, 6) is 0. The summed E-state index contributed by atoms with van der Waals surface area (Å²) in [6.07, 6.45) is 4.53. The highest BCUT2D eigenvalue weighted by molar-refractivity contribution is 5.87. The van der Waals surface area contributed by atoms with Crippen LogP contribution in [0.4, 0.5) is 22.7 Å². The molecule has 0 atom stereocenters. The standard InChI is InChI=1S/C43H38N2/c1-33-14-13-21-41(32-33)45(3)40-28-24-37(25-29-40)43(36-22-26-39(27-23-36)44(2)38-19-11-6-12-20-38)31-30-42(34-15-7-4-8-16-34)35-17-9-5-10-18-35/h4-32H,1-3H3/b43-31+. The minimum absolute atomic E-state index is 1.14. The van der Waals surface area contributed by atoms with Crippen LogP contribution in [0.3, 0.4) is 0 Å². The molecule has 0 aliphatic carbocycles. The molecule has 0 heterocycles. The summed E-state index contributed by atoms with van der Waals surface area (Å²) in [5.41, 5.74) is 12.9. The Bertz CT molecular complexity index is 1850. The summed E-state index contributed by atoms with van der Waals surface area (Å²) in [6.45, 7) is 2.13. The first-order valence-corrected chi connectivity index (χ1v) is 15.4. The normalized spacial score (nSPS) is 11.1. The molecule has 2 heteroatoms. The van der Waals surface area contributed by atoms with Crippen molar-refractivity contribution >= 4 is 33.9 Å². The predicted octanol–water partition coefficient (Wildman–Crippen LogP) is 11.1. The van der Waals surface area contributed by atoms with Crippen molar-refractivity contribution in [1.82, 2.24) is 0 Å². The highest BCUT2D eigenvalue weighted by atomic mass is 15.1. The second-order valence-electron chi connectivity index (χ2n) is 11.3. The Morgan fingerprint density at radius 2 is 0.733 bits per heavy atom. The monoisotopic (exact) mass is 582 g/mol. The van der Waals surface area contributed by atoms with Gasteiger partial charge in [-0.1, -0.05) is 127 Å². The van der Waals surface area contributed by atoms with Gasteiger partial charge in [-0.2, -0.15) is 0 Å². The van der Waals surface area contributed by atoms with Gasteiger partial charge in [0.2, 0.25) is 0 Å². The fourth-order valence-electron chi connectivity index (χ4n) is 5.64. The minimum atomic E-state index is 1.14. The summed E-state index contributed by atoms with van der Waals surface area (Å²) < 4.78 is 0. The van der Waals surface area contributed by atoms with Crippen molar-refractivity contribution in [2.24, 2.45) is 0 Å². The molecular weight excluding hydrogens is 544 g/mol. The molecule has 0 radical (unpaired) electrons. The van der Waals surface area contributed by atoms with Gasteiger partial charge < -0.3 is 9.80 Å². The molecule has 0 saturated carbocycles. The number of hydrogen-bond donors (Lipinski definition) is 0. The summed E-state index contributed by atoms with van der Waals surface area (Å²) in [5, 5.41) is 0. The largest absolute Gasteiger partial charge is 0.345 e. The molecule has 6 aromatic carbocycles. The number of aryl methyl sites for hydroxylation is 1. The van der Waals surface area contributed by atoms with Crippen molar-refractivity contribution in [3.05, 3.63) is 204 Å². The number of para-hydroxylation sites is 1. The predicted molar refractivity (Wildman–Crippen MR) is 194 cm³/mol. The van der Waals surface area contributed by atoms with Gasteiger partial charge in [-0.05, 0) is 94.4 Å². The fourth-order valence-corrected chi connectivity index (χ4v) is 5.64. The Morgan fingerprint density at radius 3 is 1.18 bits per heavy atom. The van der Waals surface area contributed by atoms with Gasteiger partial charge in [-0.15, -0.1) is 0 Å². The van der Waals surface area contributed by atoms with E-state index in [-0.39, 0.29) is 0 Å². The smallest absolute Gasteiger partial charge is 0.0410 e. The number of nitrogens with zero attached hydrogens (tertiary/aromatic N) is 2. The van der Waals surface area contributed by atoms with Crippen molar-refractivity contribution in [3.8, 4) is 0 Å². The molecule has 0 aliphatic rings. The van der Waals surface area contributed by atoms with E-state index in [1.165, 1.54) is 28.0 Å². The van der Waals surface area contributed by atoms with Crippen molar-refractivity contribution in [2.75, 3.05) is 23.9 Å². The van der Waals surface area contributed by atoms with Gasteiger partial charge in [-0.3, -0.25) is 0 Å². The first-order valence-electron chi connectivity index (χ1n) is 15.4. The van der Waals surface area contributed by atoms with Crippen molar-refractivity contribution in [3.63, 3.8) is 0 Å². The van der Waals surface area contributed by atoms with Gasteiger partial charge in [0.05, 0.1) is 0 Å². The summed E-state index contributed by atoms with van der Waals surface area (Å²) in [6, 6.07) is 58.1. The molecule has 0 spiro atoms. The molecule has 0 unspecified atom stereocenters. The SMILES string of the molecule is Cc1cccc(N(C)c2ccc(/C(=C/C=C(c3ccccc3)c3ccccc3)c3ccc(N(C)c4ccccc4)cc3)cc2)c1. The van der Waals surface area contributed by atoms with E-state index in [0.29, 0.717) is 0 Å². The lowest BCUT2D eigenvalue weighted by Crippen LogP contribution is -2.09. The van der Waals surface area contributed by atoms with E-state index in [0.717, 1.165) is 33.8 Å². The Balaban J connectivity index is 1.41. The Morgan fingerprint density at radius 1 is 0.378 bits per heavy atom. The summed E-state index contributed by atoms with van der Waals surface area (Å²) in [4.78, 5) is 4.45. The van der Waals surface area contributed by atoms with Crippen molar-refractivity contribution in [1.29, 1.82) is 0 Å². The number of allylic oxidation sites excluding steroid dienone is 2. The third-order valence-electron chi connectivity index (χ3n) is 8.25. The van der Waals surface area contributed by atoms with Crippen LogP contribution in [0.15, 0.2) is 176 Å². The molecule has 6 aromatic rings. The molecule has 0 fully saturated rings. The van der Waals surface area contributed by atoms with Crippen LogP contribution in [-0.2, 0) is 0 Å². The van der Waals surface area contributed by atoms with Gasteiger partial charge in [0.25, 0.3) is 0 Å². The van der Waals surface area contributed by atoms with Gasteiger partial charge in [0, 0.05) is 36.8 Å². The van der Waals surface area contributed by atoms with Crippen LogP contribution >= 0.6 is 0 Å². The van der Waals surface area contributed by atoms with E-state index in [4.69, 9.17) is 0 Å². The molecule has 0 saturated heterocycles. The zero-order valence-corrected chi connectivity index (χ0v) is 26.1. The highest BCUT2D eigenvalue weighted by Gasteiger charge is 2.11. The van der Waals surface area contributed by atoms with E-state index >= 15 is 0 Å². The molecule has 0 N–H and O–H groups in total. The number of hydrogen-bond acceptors (Lipinski definition) is 2. The van der Waals surface area contributed by atoms with Gasteiger partial charge in [-0.25, -0.2) is 0 Å². The van der Waals surface area contributed by atoms with E-state index in [1.54, 1.807) is 0 Å². The summed E-state index contributed by atoms with van der Waals surface area (Å²) in [7, 11) is 4.23. The van der Waals surface area contributed by atoms with Crippen LogP contribution in [0.1, 0.15) is 27.8 Å².